The highest BCUT2D eigenvalue weighted by Gasteiger charge is 2.37. The molecule has 0 spiro atoms. The number of carbonyl (C=O) groups is 2. The highest BCUT2D eigenvalue weighted by Crippen LogP contribution is 2.24. The minimum Gasteiger partial charge on any atom is -0.335 e. The monoisotopic (exact) mass is 509 g/mol. The van der Waals surface area contributed by atoms with Gasteiger partial charge in [0.1, 0.15) is 0 Å². The number of rotatable bonds is 4. The van der Waals surface area contributed by atoms with Gasteiger partial charge >= 0.3 is 0 Å². The number of thiophene rings is 1. The van der Waals surface area contributed by atoms with E-state index in [0.717, 1.165) is 65.3 Å². The van der Waals surface area contributed by atoms with Crippen molar-refractivity contribution in [2.75, 3.05) is 39.3 Å². The van der Waals surface area contributed by atoms with Crippen molar-refractivity contribution in [1.29, 1.82) is 0 Å². The maximum Gasteiger partial charge on any atom is 0.264 e. The van der Waals surface area contributed by atoms with Gasteiger partial charge in [0.2, 0.25) is 0 Å². The maximum absolute atomic E-state index is 12.9. The minimum atomic E-state index is 0.0953. The molecule has 2 aliphatic rings. The Morgan fingerprint density at radius 2 is 1.47 bits per heavy atom. The molecule has 0 bridgehead atoms. The molecule has 2 saturated heterocycles. The van der Waals surface area contributed by atoms with Crippen molar-refractivity contribution in [3.05, 3.63) is 81.0 Å². The predicted molar refractivity (Wildman–Crippen MR) is 131 cm³/mol. The third-order valence-electron chi connectivity index (χ3n) is 6.28. The predicted octanol–water partition coefficient (Wildman–Crippen LogP) is 4.46. The number of piperazine rings is 1. The first-order valence-corrected chi connectivity index (χ1v) is 12.5. The maximum atomic E-state index is 12.9. The summed E-state index contributed by atoms with van der Waals surface area (Å²) in [5.41, 5.74) is 3.01. The third-order valence-corrected chi connectivity index (χ3v) is 7.96. The zero-order chi connectivity index (χ0) is 22.1. The summed E-state index contributed by atoms with van der Waals surface area (Å²) < 4.78 is 0.957. The number of halogens is 1. The molecule has 3 aromatic rings. The number of carbonyl (C=O) groups excluding carboxylic acids is 2. The van der Waals surface area contributed by atoms with Crippen LogP contribution in [0.2, 0.25) is 0 Å². The third kappa shape index (κ3) is 4.37. The smallest absolute Gasteiger partial charge is 0.264 e. The van der Waals surface area contributed by atoms with Gasteiger partial charge in [-0.05, 0) is 45.3 Å². The fourth-order valence-electron chi connectivity index (χ4n) is 4.34. The van der Waals surface area contributed by atoms with Gasteiger partial charge in [0.05, 0.1) is 4.88 Å². The Morgan fingerprint density at radius 1 is 0.812 bits per heavy atom. The molecule has 164 valence electrons. The van der Waals surface area contributed by atoms with Crippen LogP contribution in [0.5, 0.6) is 0 Å². The lowest BCUT2D eigenvalue weighted by atomic mass is 10.0. The molecule has 1 aromatic heterocycles. The second-order valence-corrected chi connectivity index (χ2v) is 10.1. The van der Waals surface area contributed by atoms with Gasteiger partial charge in [-0.1, -0.05) is 42.5 Å². The van der Waals surface area contributed by atoms with Crippen molar-refractivity contribution in [3.63, 3.8) is 0 Å². The van der Waals surface area contributed by atoms with Crippen LogP contribution in [0.1, 0.15) is 20.0 Å². The van der Waals surface area contributed by atoms with E-state index in [1.54, 1.807) is 0 Å². The highest BCUT2D eigenvalue weighted by atomic mass is 79.9. The van der Waals surface area contributed by atoms with Gasteiger partial charge in [0, 0.05) is 60.7 Å². The summed E-state index contributed by atoms with van der Waals surface area (Å²) >= 11 is 4.90. The summed E-state index contributed by atoms with van der Waals surface area (Å²) in [6.45, 7) is 4.70. The van der Waals surface area contributed by atoms with E-state index in [2.05, 4.69) is 33.0 Å². The Morgan fingerprint density at radius 3 is 2.09 bits per heavy atom. The summed E-state index contributed by atoms with van der Waals surface area (Å²) in [5.74, 6) is 0.211. The lowest BCUT2D eigenvalue weighted by molar-refractivity contribution is 0.00863. The van der Waals surface area contributed by atoms with Crippen LogP contribution in [0, 0.1) is 0 Å². The Bertz CT molecular complexity index is 1100. The van der Waals surface area contributed by atoms with Crippen molar-refractivity contribution in [2.24, 2.45) is 0 Å². The molecule has 32 heavy (non-hydrogen) atoms. The topological polar surface area (TPSA) is 43.9 Å². The molecule has 0 aliphatic carbocycles. The van der Waals surface area contributed by atoms with Crippen LogP contribution in [-0.4, -0.2) is 71.8 Å². The SMILES string of the molecule is O=C(c1ccc(-c2ccccc2)cc1)N1CC(N2CCN(C(=O)c3cc(Br)cs3)CC2)C1. The average Bonchev–Trinajstić information content (AvgIpc) is 3.25. The van der Waals surface area contributed by atoms with Crippen LogP contribution in [0.15, 0.2) is 70.5 Å². The summed E-state index contributed by atoms with van der Waals surface area (Å²) in [6.07, 6.45) is 0. The van der Waals surface area contributed by atoms with Gasteiger partial charge in [-0.2, -0.15) is 0 Å². The Labute approximate surface area is 200 Å². The molecule has 0 N–H and O–H groups in total. The van der Waals surface area contributed by atoms with E-state index < -0.39 is 0 Å². The fraction of sp³-hybridized carbons (Fsp3) is 0.280. The molecule has 3 heterocycles. The average molecular weight is 510 g/mol. The lowest BCUT2D eigenvalue weighted by Gasteiger charge is -2.48. The van der Waals surface area contributed by atoms with Gasteiger partial charge in [-0.25, -0.2) is 0 Å². The van der Waals surface area contributed by atoms with Crippen molar-refractivity contribution >= 4 is 39.1 Å². The van der Waals surface area contributed by atoms with E-state index in [1.807, 2.05) is 63.7 Å². The molecule has 2 aromatic carbocycles. The summed E-state index contributed by atoms with van der Waals surface area (Å²) in [4.78, 5) is 32.5. The molecular weight excluding hydrogens is 486 g/mol. The zero-order valence-electron chi connectivity index (χ0n) is 17.6. The number of likely N-dealkylation sites (tertiary alicyclic amines) is 1. The van der Waals surface area contributed by atoms with Crippen LogP contribution in [-0.2, 0) is 0 Å². The quantitative estimate of drug-likeness (QED) is 0.521. The standard InChI is InChI=1S/C25H24BrN3O2S/c26-21-14-23(32-17-21)25(31)28-12-10-27(11-13-28)22-15-29(16-22)24(30)20-8-6-19(7-9-20)18-4-2-1-3-5-18/h1-9,14,17,22H,10-13,15-16H2. The van der Waals surface area contributed by atoms with E-state index >= 15 is 0 Å². The van der Waals surface area contributed by atoms with E-state index in [4.69, 9.17) is 0 Å². The van der Waals surface area contributed by atoms with Crippen molar-refractivity contribution in [1.82, 2.24) is 14.7 Å². The van der Waals surface area contributed by atoms with Crippen LogP contribution in [0.3, 0.4) is 0 Å². The lowest BCUT2D eigenvalue weighted by Crippen LogP contribution is -2.64. The second kappa shape index (κ2) is 9.17. The number of benzene rings is 2. The molecule has 2 amide bonds. The van der Waals surface area contributed by atoms with Gasteiger partial charge < -0.3 is 9.80 Å². The first-order chi connectivity index (χ1) is 15.6. The molecule has 2 aliphatic heterocycles. The molecule has 5 rings (SSSR count). The molecular formula is C25H24BrN3O2S. The van der Waals surface area contributed by atoms with E-state index in [1.165, 1.54) is 11.3 Å². The Balaban J connectivity index is 1.11. The highest BCUT2D eigenvalue weighted by molar-refractivity contribution is 9.10. The Kier molecular flexibility index (Phi) is 6.13. The number of nitrogens with zero attached hydrogens (tertiary/aromatic N) is 3. The molecule has 0 saturated carbocycles. The number of amides is 2. The fourth-order valence-corrected chi connectivity index (χ4v) is 5.74. The van der Waals surface area contributed by atoms with Crippen LogP contribution >= 0.6 is 27.3 Å². The first kappa shape index (κ1) is 21.4. The number of hydrogen-bond donors (Lipinski definition) is 0. The van der Waals surface area contributed by atoms with Gasteiger partial charge in [-0.3, -0.25) is 14.5 Å². The summed E-state index contributed by atoms with van der Waals surface area (Å²) in [6, 6.07) is 20.3. The van der Waals surface area contributed by atoms with E-state index in [0.29, 0.717) is 6.04 Å². The molecule has 0 radical (unpaired) electrons. The normalized spacial score (nSPS) is 17.3. The molecule has 0 atom stereocenters. The van der Waals surface area contributed by atoms with Crippen molar-refractivity contribution in [2.45, 2.75) is 6.04 Å². The molecule has 0 unspecified atom stereocenters. The van der Waals surface area contributed by atoms with Crippen LogP contribution < -0.4 is 0 Å². The number of hydrogen-bond acceptors (Lipinski definition) is 4. The van der Waals surface area contributed by atoms with E-state index in [-0.39, 0.29) is 11.8 Å². The molecule has 2 fully saturated rings. The second-order valence-electron chi connectivity index (χ2n) is 8.26. The van der Waals surface area contributed by atoms with E-state index in [9.17, 15) is 9.59 Å². The summed E-state index contributed by atoms with van der Waals surface area (Å²) in [5, 5.41) is 1.94. The molecule has 5 nitrogen and oxygen atoms in total. The largest absolute Gasteiger partial charge is 0.335 e. The van der Waals surface area contributed by atoms with Gasteiger partial charge in [-0.15, -0.1) is 11.3 Å². The molecule has 7 heteroatoms. The van der Waals surface area contributed by atoms with Crippen LogP contribution in [0.25, 0.3) is 11.1 Å². The van der Waals surface area contributed by atoms with Crippen LogP contribution in [0.4, 0.5) is 0 Å². The zero-order valence-corrected chi connectivity index (χ0v) is 20.0. The van der Waals surface area contributed by atoms with Crippen molar-refractivity contribution in [3.8, 4) is 11.1 Å². The first-order valence-electron chi connectivity index (χ1n) is 10.8. The Hall–Kier alpha value is -2.48. The minimum absolute atomic E-state index is 0.0953. The summed E-state index contributed by atoms with van der Waals surface area (Å²) in [7, 11) is 0. The van der Waals surface area contributed by atoms with Gasteiger partial charge in [0.15, 0.2) is 0 Å². The van der Waals surface area contributed by atoms with Gasteiger partial charge in [0.25, 0.3) is 11.8 Å². The van der Waals surface area contributed by atoms with Crippen molar-refractivity contribution < 1.29 is 9.59 Å².